The van der Waals surface area contributed by atoms with Gasteiger partial charge in [0.1, 0.15) is 5.56 Å². The largest absolute Gasteiger partial charge is 0.494 e. The van der Waals surface area contributed by atoms with Gasteiger partial charge in [-0.15, -0.1) is 0 Å². The van der Waals surface area contributed by atoms with Crippen molar-refractivity contribution in [2.24, 2.45) is 0 Å². The number of aromatic amines is 2. The zero-order valence-electron chi connectivity index (χ0n) is 18.5. The Labute approximate surface area is 186 Å². The number of rotatable bonds is 5. The summed E-state index contributed by atoms with van der Waals surface area (Å²) in [6.45, 7) is 3.92. The smallest absolute Gasteiger partial charge is 0.331 e. The van der Waals surface area contributed by atoms with Crippen molar-refractivity contribution in [2.75, 3.05) is 13.1 Å². The van der Waals surface area contributed by atoms with Crippen molar-refractivity contribution in [1.29, 1.82) is 0 Å². The van der Waals surface area contributed by atoms with Crippen LogP contribution in [0.25, 0.3) is 10.9 Å². The average Bonchev–Trinajstić information content (AvgIpc) is 3.18. The van der Waals surface area contributed by atoms with Crippen molar-refractivity contribution in [1.82, 2.24) is 19.4 Å². The van der Waals surface area contributed by atoms with E-state index in [1.807, 2.05) is 18.2 Å². The van der Waals surface area contributed by atoms with Crippen molar-refractivity contribution in [3.63, 3.8) is 0 Å². The molecule has 0 saturated carbocycles. The summed E-state index contributed by atoms with van der Waals surface area (Å²) in [4.78, 5) is 33.8. The molecule has 1 aliphatic carbocycles. The van der Waals surface area contributed by atoms with Crippen LogP contribution in [0.4, 0.5) is 0 Å². The molecule has 0 bridgehead atoms. The van der Waals surface area contributed by atoms with E-state index in [0.29, 0.717) is 13.0 Å². The van der Waals surface area contributed by atoms with Gasteiger partial charge in [-0.2, -0.15) is 0 Å². The van der Waals surface area contributed by atoms with Gasteiger partial charge in [-0.3, -0.25) is 19.2 Å². The van der Waals surface area contributed by atoms with Gasteiger partial charge < -0.3 is 10.1 Å². The highest BCUT2D eigenvalue weighted by molar-refractivity contribution is 5.85. The first kappa shape index (κ1) is 20.8. The molecule has 3 N–H and O–H groups in total. The summed E-state index contributed by atoms with van der Waals surface area (Å²) in [5.74, 6) is -0.217. The minimum absolute atomic E-state index is 0.217. The molecule has 3 aromatic rings. The third-order valence-corrected chi connectivity index (χ3v) is 7.06. The SMILES string of the molecule is CCN1CCc2c([nH]c3ccccc23)[C@@H]1c1c(O)n(CCC2=CCCCC2)c(=O)[nH]c1=O. The number of nitrogens with zero attached hydrogens (tertiary/aromatic N) is 2. The Morgan fingerprint density at radius 3 is 2.75 bits per heavy atom. The van der Waals surface area contributed by atoms with Crippen LogP contribution < -0.4 is 11.2 Å². The van der Waals surface area contributed by atoms with Crippen molar-refractivity contribution in [3.8, 4) is 5.88 Å². The van der Waals surface area contributed by atoms with Gasteiger partial charge in [0.05, 0.1) is 6.04 Å². The fourth-order valence-electron chi connectivity index (χ4n) is 5.37. The Bertz CT molecular complexity index is 1300. The highest BCUT2D eigenvalue weighted by Gasteiger charge is 2.35. The third-order valence-electron chi connectivity index (χ3n) is 7.06. The first-order valence-electron chi connectivity index (χ1n) is 11.7. The summed E-state index contributed by atoms with van der Waals surface area (Å²) in [6, 6.07) is 7.69. The molecule has 0 amide bonds. The number of allylic oxidation sites excluding steroid dienone is 2. The number of hydrogen-bond acceptors (Lipinski definition) is 4. The molecule has 5 rings (SSSR count). The molecule has 0 unspecified atom stereocenters. The summed E-state index contributed by atoms with van der Waals surface area (Å²) in [5, 5.41) is 12.4. The minimum atomic E-state index is -0.552. The molecular weight excluding hydrogens is 404 g/mol. The number of H-pyrrole nitrogens is 2. The normalized spacial score (nSPS) is 19.2. The Balaban J connectivity index is 1.61. The lowest BCUT2D eigenvalue weighted by molar-refractivity contribution is 0.214. The zero-order valence-corrected chi connectivity index (χ0v) is 18.5. The molecule has 1 atom stereocenters. The number of likely N-dealkylation sites (N-methyl/N-ethyl adjacent to an activating group) is 1. The van der Waals surface area contributed by atoms with E-state index in [4.69, 9.17) is 0 Å². The van der Waals surface area contributed by atoms with Gasteiger partial charge in [0.25, 0.3) is 5.56 Å². The fourth-order valence-corrected chi connectivity index (χ4v) is 5.37. The third kappa shape index (κ3) is 3.50. The fraction of sp³-hybridized carbons (Fsp3) is 0.440. The summed E-state index contributed by atoms with van der Waals surface area (Å²) >= 11 is 0. The molecule has 0 radical (unpaired) electrons. The van der Waals surface area contributed by atoms with E-state index >= 15 is 0 Å². The first-order chi connectivity index (χ1) is 15.6. The van der Waals surface area contributed by atoms with E-state index < -0.39 is 17.3 Å². The number of nitrogens with one attached hydrogen (secondary N) is 2. The maximum Gasteiger partial charge on any atom is 0.331 e. The lowest BCUT2D eigenvalue weighted by atomic mass is 9.93. The van der Waals surface area contributed by atoms with Crippen molar-refractivity contribution in [2.45, 2.75) is 58.0 Å². The molecule has 1 aliphatic heterocycles. The molecule has 2 aliphatic rings. The summed E-state index contributed by atoms with van der Waals surface area (Å²) in [6.07, 6.45) is 8.31. The van der Waals surface area contributed by atoms with E-state index in [0.717, 1.165) is 48.9 Å². The monoisotopic (exact) mass is 434 g/mol. The Morgan fingerprint density at radius 2 is 1.97 bits per heavy atom. The molecule has 7 nitrogen and oxygen atoms in total. The van der Waals surface area contributed by atoms with Gasteiger partial charge in [-0.25, -0.2) is 4.79 Å². The minimum Gasteiger partial charge on any atom is -0.494 e. The highest BCUT2D eigenvalue weighted by atomic mass is 16.3. The molecule has 32 heavy (non-hydrogen) atoms. The van der Waals surface area contributed by atoms with Crippen molar-refractivity contribution < 1.29 is 5.11 Å². The summed E-state index contributed by atoms with van der Waals surface area (Å²) in [5.41, 5.74) is 3.63. The number of aromatic hydroxyl groups is 1. The van der Waals surface area contributed by atoms with Crippen molar-refractivity contribution >= 4 is 10.9 Å². The standard InChI is InChI=1S/C25H30N4O3/c1-2-28-14-13-18-17-10-6-7-11-19(17)26-21(18)22(28)20-23(30)27-25(32)29(24(20)31)15-12-16-8-4-3-5-9-16/h6-8,10-11,22,26,31H,2-5,9,12-15H2,1H3,(H,27,30,32)/t22-/m0/s1. The molecule has 2 aromatic heterocycles. The highest BCUT2D eigenvalue weighted by Crippen LogP contribution is 2.39. The quantitative estimate of drug-likeness (QED) is 0.535. The second kappa shape index (κ2) is 8.47. The lowest BCUT2D eigenvalue weighted by Gasteiger charge is -2.35. The second-order valence-corrected chi connectivity index (χ2v) is 8.85. The topological polar surface area (TPSA) is 94.1 Å². The zero-order chi connectivity index (χ0) is 22.2. The van der Waals surface area contributed by atoms with Crippen LogP contribution in [0.5, 0.6) is 5.88 Å². The number of aromatic nitrogens is 3. The van der Waals surface area contributed by atoms with Gasteiger partial charge in [0.2, 0.25) is 5.88 Å². The predicted molar refractivity (Wildman–Crippen MR) is 125 cm³/mol. The van der Waals surface area contributed by atoms with Crippen LogP contribution in [0.1, 0.15) is 61.9 Å². The number of fused-ring (bicyclic) bond motifs is 3. The maximum absolute atomic E-state index is 13.0. The van der Waals surface area contributed by atoms with Crippen LogP contribution >= 0.6 is 0 Å². The van der Waals surface area contributed by atoms with E-state index in [-0.39, 0.29) is 11.4 Å². The molecule has 0 saturated heterocycles. The molecule has 7 heteroatoms. The van der Waals surface area contributed by atoms with Gasteiger partial charge in [-0.1, -0.05) is 36.8 Å². The Kier molecular flexibility index (Phi) is 5.51. The van der Waals surface area contributed by atoms with Gasteiger partial charge >= 0.3 is 5.69 Å². The predicted octanol–water partition coefficient (Wildman–Crippen LogP) is 3.58. The number of benzene rings is 1. The van der Waals surface area contributed by atoms with Crippen molar-refractivity contribution in [3.05, 3.63) is 73.6 Å². The van der Waals surface area contributed by atoms with Gasteiger partial charge in [0, 0.05) is 29.7 Å². The molecule has 0 spiro atoms. The van der Waals surface area contributed by atoms with E-state index in [1.165, 1.54) is 28.5 Å². The molecule has 1 aromatic carbocycles. The summed E-state index contributed by atoms with van der Waals surface area (Å²) in [7, 11) is 0. The molecule has 168 valence electrons. The van der Waals surface area contributed by atoms with Crippen LogP contribution in [0.3, 0.4) is 0 Å². The van der Waals surface area contributed by atoms with Crippen LogP contribution in [-0.2, 0) is 13.0 Å². The van der Waals surface area contributed by atoms with Gasteiger partial charge in [-0.05, 0) is 56.7 Å². The van der Waals surface area contributed by atoms with Crippen LogP contribution in [0.2, 0.25) is 0 Å². The van der Waals surface area contributed by atoms with E-state index in [2.05, 4.69) is 33.9 Å². The maximum atomic E-state index is 13.0. The Hall–Kier alpha value is -3.06. The molecule has 3 heterocycles. The molecular formula is C25H30N4O3. The van der Waals surface area contributed by atoms with Gasteiger partial charge in [0.15, 0.2) is 0 Å². The first-order valence-corrected chi connectivity index (χ1v) is 11.7. The molecule has 0 fully saturated rings. The Morgan fingerprint density at radius 1 is 1.12 bits per heavy atom. The van der Waals surface area contributed by atoms with E-state index in [1.54, 1.807) is 0 Å². The number of para-hydroxylation sites is 1. The average molecular weight is 435 g/mol. The second-order valence-electron chi connectivity index (χ2n) is 8.85. The van der Waals surface area contributed by atoms with Crippen LogP contribution in [0.15, 0.2) is 45.5 Å². The summed E-state index contributed by atoms with van der Waals surface area (Å²) < 4.78 is 1.33. The van der Waals surface area contributed by atoms with E-state index in [9.17, 15) is 14.7 Å². The van der Waals surface area contributed by atoms with Crippen LogP contribution in [0, 0.1) is 0 Å². The number of hydrogen-bond donors (Lipinski definition) is 3. The van der Waals surface area contributed by atoms with Crippen LogP contribution in [-0.4, -0.2) is 37.6 Å². The lowest BCUT2D eigenvalue weighted by Crippen LogP contribution is -2.41.